The normalized spacial score (nSPS) is 17.8. The van der Waals surface area contributed by atoms with E-state index in [1.54, 1.807) is 22.0 Å². The zero-order valence-corrected chi connectivity index (χ0v) is 13.1. The van der Waals surface area contributed by atoms with E-state index in [1.165, 1.54) is 0 Å². The molecule has 7 heteroatoms. The number of carbonyl (C=O) groups excluding carboxylic acids is 2. The van der Waals surface area contributed by atoms with Crippen molar-refractivity contribution in [2.45, 2.75) is 18.9 Å². The van der Waals surface area contributed by atoms with Gasteiger partial charge in [0, 0.05) is 20.2 Å². The summed E-state index contributed by atoms with van der Waals surface area (Å²) in [5.41, 5.74) is 1.44. The van der Waals surface area contributed by atoms with E-state index in [1.807, 2.05) is 18.5 Å². The largest absolute Gasteiger partial charge is 0.451 e. The fourth-order valence-electron chi connectivity index (χ4n) is 2.54. The van der Waals surface area contributed by atoms with Crippen LogP contribution < -0.4 is 5.32 Å². The Morgan fingerprint density at radius 3 is 3.14 bits per heavy atom. The minimum Gasteiger partial charge on any atom is -0.451 e. The van der Waals surface area contributed by atoms with Crippen molar-refractivity contribution in [3.8, 4) is 0 Å². The van der Waals surface area contributed by atoms with Gasteiger partial charge >= 0.3 is 5.97 Å². The Balaban J connectivity index is 1.50. The minimum atomic E-state index is -0.488. The molecule has 0 aromatic carbocycles. The van der Waals surface area contributed by atoms with Crippen molar-refractivity contribution < 1.29 is 19.1 Å². The highest BCUT2D eigenvalue weighted by molar-refractivity contribution is 7.17. The molecule has 118 valence electrons. The summed E-state index contributed by atoms with van der Waals surface area (Å²) in [5, 5.41) is 4.69. The quantitative estimate of drug-likeness (QED) is 0.851. The minimum absolute atomic E-state index is 0.0827. The summed E-state index contributed by atoms with van der Waals surface area (Å²) in [6.45, 7) is 0.945. The molecule has 3 heterocycles. The lowest BCUT2D eigenvalue weighted by molar-refractivity contribution is -0.124. The van der Waals surface area contributed by atoms with Crippen molar-refractivity contribution in [3.63, 3.8) is 0 Å². The van der Waals surface area contributed by atoms with E-state index in [2.05, 4.69) is 5.32 Å². The summed E-state index contributed by atoms with van der Waals surface area (Å²) in [7, 11) is 1.81. The molecule has 1 N–H and O–H groups in total. The summed E-state index contributed by atoms with van der Waals surface area (Å²) >= 11 is 1.56. The molecule has 1 amide bonds. The number of hydrogen-bond acceptors (Lipinski definition) is 5. The maximum Gasteiger partial charge on any atom is 0.355 e. The van der Waals surface area contributed by atoms with Gasteiger partial charge in [0.1, 0.15) is 5.69 Å². The highest BCUT2D eigenvalue weighted by Crippen LogP contribution is 2.24. The molecule has 1 saturated heterocycles. The lowest BCUT2D eigenvalue weighted by atomic mass is 10.2. The molecule has 0 radical (unpaired) electrons. The van der Waals surface area contributed by atoms with Crippen LogP contribution in [0.2, 0.25) is 0 Å². The number of thiophene rings is 1. The Kier molecular flexibility index (Phi) is 4.44. The Bertz CT molecular complexity index is 685. The van der Waals surface area contributed by atoms with E-state index in [9.17, 15) is 9.59 Å². The number of fused-ring (bicyclic) bond motifs is 1. The van der Waals surface area contributed by atoms with E-state index >= 15 is 0 Å². The molecule has 6 nitrogen and oxygen atoms in total. The molecule has 2 aromatic rings. The van der Waals surface area contributed by atoms with Crippen LogP contribution in [0.3, 0.4) is 0 Å². The van der Waals surface area contributed by atoms with Crippen molar-refractivity contribution >= 4 is 33.4 Å². The number of aromatic nitrogens is 1. The van der Waals surface area contributed by atoms with Gasteiger partial charge in [0.15, 0.2) is 6.61 Å². The summed E-state index contributed by atoms with van der Waals surface area (Å²) in [5.74, 6) is -0.793. The van der Waals surface area contributed by atoms with Gasteiger partial charge in [-0.1, -0.05) is 0 Å². The molecule has 1 aliphatic rings. The molecule has 1 fully saturated rings. The first-order valence-corrected chi connectivity index (χ1v) is 8.11. The fraction of sp³-hybridized carbons (Fsp3) is 0.467. The van der Waals surface area contributed by atoms with Crippen LogP contribution in [0.5, 0.6) is 0 Å². The zero-order chi connectivity index (χ0) is 15.5. The fourth-order valence-corrected chi connectivity index (χ4v) is 3.38. The molecule has 3 rings (SSSR count). The first-order valence-electron chi connectivity index (χ1n) is 7.23. The smallest absolute Gasteiger partial charge is 0.355 e. The van der Waals surface area contributed by atoms with Crippen molar-refractivity contribution in [1.29, 1.82) is 0 Å². The second-order valence-electron chi connectivity index (χ2n) is 5.27. The monoisotopic (exact) mass is 322 g/mol. The number of ether oxygens (including phenoxy) is 2. The number of hydrogen-bond donors (Lipinski definition) is 1. The summed E-state index contributed by atoms with van der Waals surface area (Å²) < 4.78 is 13.3. The molecule has 0 aliphatic carbocycles. The van der Waals surface area contributed by atoms with Crippen LogP contribution in [-0.2, 0) is 21.3 Å². The van der Waals surface area contributed by atoms with Gasteiger partial charge in [0.2, 0.25) is 0 Å². The molecule has 0 saturated carbocycles. The van der Waals surface area contributed by atoms with Crippen molar-refractivity contribution in [3.05, 3.63) is 23.2 Å². The van der Waals surface area contributed by atoms with Crippen LogP contribution in [0.4, 0.5) is 0 Å². The predicted octanol–water partition coefficient (Wildman–Crippen LogP) is 1.69. The molecule has 0 unspecified atom stereocenters. The highest BCUT2D eigenvalue weighted by Gasteiger charge is 2.18. The van der Waals surface area contributed by atoms with Crippen LogP contribution in [0.15, 0.2) is 17.5 Å². The molecule has 0 bridgehead atoms. The Morgan fingerprint density at radius 1 is 1.55 bits per heavy atom. The predicted molar refractivity (Wildman–Crippen MR) is 83.1 cm³/mol. The summed E-state index contributed by atoms with van der Waals surface area (Å²) in [6.07, 6.45) is 2.07. The van der Waals surface area contributed by atoms with E-state index < -0.39 is 5.97 Å². The number of amides is 1. The topological polar surface area (TPSA) is 69.6 Å². The van der Waals surface area contributed by atoms with Gasteiger partial charge in [0.25, 0.3) is 5.91 Å². The van der Waals surface area contributed by atoms with Crippen LogP contribution in [0, 0.1) is 0 Å². The number of aryl methyl sites for hydroxylation is 1. The Hall–Kier alpha value is -1.86. The SMILES string of the molecule is Cn1c(C(=O)OCC(=O)NC[C@H]2CCCO2)cc2sccc21. The van der Waals surface area contributed by atoms with E-state index in [0.717, 1.165) is 29.7 Å². The molecular weight excluding hydrogens is 304 g/mol. The van der Waals surface area contributed by atoms with Crippen LogP contribution in [0.25, 0.3) is 10.2 Å². The second-order valence-corrected chi connectivity index (χ2v) is 6.22. The van der Waals surface area contributed by atoms with Crippen molar-refractivity contribution in [2.24, 2.45) is 7.05 Å². The molecule has 1 aliphatic heterocycles. The number of nitrogens with one attached hydrogen (secondary N) is 1. The Labute approximate surface area is 132 Å². The second kappa shape index (κ2) is 6.50. The zero-order valence-electron chi connectivity index (χ0n) is 12.3. The average Bonchev–Trinajstić information content (AvgIpc) is 3.22. The molecule has 0 spiro atoms. The molecule has 2 aromatic heterocycles. The standard InChI is InChI=1S/C15H18N2O4S/c1-17-11-4-6-22-13(11)7-12(17)15(19)21-9-14(18)16-8-10-3-2-5-20-10/h4,6-7,10H,2-3,5,8-9H2,1H3,(H,16,18)/t10-/m1/s1. The van der Waals surface area contributed by atoms with Gasteiger partial charge in [-0.25, -0.2) is 4.79 Å². The lowest BCUT2D eigenvalue weighted by Gasteiger charge is -2.11. The number of carbonyl (C=O) groups is 2. The van der Waals surface area contributed by atoms with E-state index in [4.69, 9.17) is 9.47 Å². The van der Waals surface area contributed by atoms with Gasteiger partial charge in [-0.15, -0.1) is 11.3 Å². The van der Waals surface area contributed by atoms with E-state index in [-0.39, 0.29) is 18.6 Å². The van der Waals surface area contributed by atoms with Gasteiger partial charge < -0.3 is 19.4 Å². The maximum absolute atomic E-state index is 12.1. The van der Waals surface area contributed by atoms with Gasteiger partial charge in [-0.2, -0.15) is 0 Å². The number of esters is 1. The van der Waals surface area contributed by atoms with Crippen molar-refractivity contribution in [1.82, 2.24) is 9.88 Å². The van der Waals surface area contributed by atoms with Gasteiger partial charge in [-0.3, -0.25) is 4.79 Å². The molecular formula is C15H18N2O4S. The first-order chi connectivity index (χ1) is 10.6. The van der Waals surface area contributed by atoms with E-state index in [0.29, 0.717) is 12.2 Å². The lowest BCUT2D eigenvalue weighted by Crippen LogP contribution is -2.35. The Morgan fingerprint density at radius 2 is 2.41 bits per heavy atom. The number of rotatable bonds is 5. The third-order valence-corrected chi connectivity index (χ3v) is 4.61. The third-order valence-electron chi connectivity index (χ3n) is 3.76. The summed E-state index contributed by atoms with van der Waals surface area (Å²) in [4.78, 5) is 23.7. The van der Waals surface area contributed by atoms with Crippen LogP contribution in [-0.4, -0.2) is 42.3 Å². The van der Waals surface area contributed by atoms with Crippen LogP contribution in [0.1, 0.15) is 23.3 Å². The van der Waals surface area contributed by atoms with Crippen molar-refractivity contribution in [2.75, 3.05) is 19.8 Å². The molecule has 22 heavy (non-hydrogen) atoms. The average molecular weight is 322 g/mol. The van der Waals surface area contributed by atoms with Crippen LogP contribution >= 0.6 is 11.3 Å². The maximum atomic E-state index is 12.1. The molecule has 1 atom stereocenters. The first kappa shape index (κ1) is 15.1. The van der Waals surface area contributed by atoms with Gasteiger partial charge in [0.05, 0.1) is 16.3 Å². The highest BCUT2D eigenvalue weighted by atomic mass is 32.1. The number of nitrogens with zero attached hydrogens (tertiary/aromatic N) is 1. The third kappa shape index (κ3) is 3.15. The van der Waals surface area contributed by atoms with Gasteiger partial charge in [-0.05, 0) is 30.4 Å². The summed E-state index contributed by atoms with van der Waals surface area (Å²) in [6, 6.07) is 3.73.